The number of piperazine rings is 1. The summed E-state index contributed by atoms with van der Waals surface area (Å²) >= 11 is 0. The number of hydrogen-bond donors (Lipinski definition) is 2. The number of carbonyl (C=O) groups excluding carboxylic acids is 1. The zero-order valence-corrected chi connectivity index (χ0v) is 20.9. The summed E-state index contributed by atoms with van der Waals surface area (Å²) in [5, 5.41) is 11.9. The van der Waals surface area contributed by atoms with Crippen LogP contribution in [0.2, 0.25) is 0 Å². The van der Waals surface area contributed by atoms with Gasteiger partial charge >= 0.3 is 0 Å². The highest BCUT2D eigenvalue weighted by Gasteiger charge is 2.24. The highest BCUT2D eigenvalue weighted by Crippen LogP contribution is 2.34. The fourth-order valence-electron chi connectivity index (χ4n) is 4.45. The number of nitrogens with zero attached hydrogens (tertiary/aromatic N) is 6. The van der Waals surface area contributed by atoms with Crippen molar-refractivity contribution in [1.82, 2.24) is 29.5 Å². The van der Waals surface area contributed by atoms with Gasteiger partial charge in [0.25, 0.3) is 5.91 Å². The molecule has 10 heteroatoms. The molecule has 10 nitrogen and oxygen atoms in total. The number of methoxy groups -OCH3 is 1. The van der Waals surface area contributed by atoms with Gasteiger partial charge in [-0.15, -0.1) is 0 Å². The Kier molecular flexibility index (Phi) is 6.43. The number of amides is 1. The van der Waals surface area contributed by atoms with Gasteiger partial charge in [-0.05, 0) is 31.3 Å². The molecule has 0 saturated carbocycles. The van der Waals surface area contributed by atoms with E-state index in [1.54, 1.807) is 13.2 Å². The number of hydrogen-bond acceptors (Lipinski definition) is 8. The molecule has 0 unspecified atom stereocenters. The van der Waals surface area contributed by atoms with E-state index in [1.165, 1.54) is 6.33 Å². The number of fused-ring (bicyclic) bond motifs is 1. The lowest BCUT2D eigenvalue weighted by molar-refractivity contribution is 0.0664. The SMILES string of the molecule is CNc1cc(Nc2cc(-c3ccc4c(cnn4C)c3)ncn2)c(OC)cc1C(=O)N1CCN(C)CC1. The van der Waals surface area contributed by atoms with E-state index >= 15 is 0 Å². The maximum Gasteiger partial charge on any atom is 0.256 e. The number of likely N-dealkylation sites (N-methyl/N-ethyl adjacent to an activating group) is 1. The van der Waals surface area contributed by atoms with Crippen LogP contribution in [0.5, 0.6) is 5.75 Å². The van der Waals surface area contributed by atoms with Crippen molar-refractivity contribution >= 4 is 34.0 Å². The number of nitrogens with one attached hydrogen (secondary N) is 2. The molecule has 1 fully saturated rings. The molecule has 1 amide bonds. The third-order valence-electron chi connectivity index (χ3n) is 6.60. The van der Waals surface area contributed by atoms with E-state index in [1.807, 2.05) is 54.1 Å². The van der Waals surface area contributed by atoms with Crippen LogP contribution in [0.1, 0.15) is 10.4 Å². The van der Waals surface area contributed by atoms with Gasteiger partial charge in [-0.2, -0.15) is 5.10 Å². The zero-order valence-electron chi connectivity index (χ0n) is 20.9. The molecular weight excluding hydrogens is 456 g/mol. The Morgan fingerprint density at radius 3 is 2.56 bits per heavy atom. The molecule has 2 aromatic heterocycles. The molecule has 3 heterocycles. The zero-order chi connectivity index (χ0) is 25.2. The molecule has 0 bridgehead atoms. The Balaban J connectivity index is 1.43. The van der Waals surface area contributed by atoms with Crippen molar-refractivity contribution in [3.05, 3.63) is 54.5 Å². The van der Waals surface area contributed by atoms with Gasteiger partial charge in [-0.3, -0.25) is 9.48 Å². The number of ether oxygens (including phenoxy) is 1. The Labute approximate surface area is 209 Å². The van der Waals surface area contributed by atoms with Crippen molar-refractivity contribution in [2.75, 3.05) is 58.0 Å². The van der Waals surface area contributed by atoms with Crippen LogP contribution >= 0.6 is 0 Å². The van der Waals surface area contributed by atoms with Crippen LogP contribution in [-0.4, -0.2) is 82.8 Å². The number of aromatic nitrogens is 4. The minimum atomic E-state index is -0.00702. The first-order valence-electron chi connectivity index (χ1n) is 11.9. The Hall–Kier alpha value is -4.18. The van der Waals surface area contributed by atoms with Gasteiger partial charge in [-0.1, -0.05) is 6.07 Å². The molecular formula is C26H30N8O2. The highest BCUT2D eigenvalue weighted by atomic mass is 16.5. The lowest BCUT2D eigenvalue weighted by atomic mass is 10.1. The fraction of sp³-hybridized carbons (Fsp3) is 0.308. The van der Waals surface area contributed by atoms with Crippen molar-refractivity contribution in [3.63, 3.8) is 0 Å². The van der Waals surface area contributed by atoms with E-state index in [9.17, 15) is 4.79 Å². The van der Waals surface area contributed by atoms with E-state index in [0.717, 1.165) is 40.9 Å². The van der Waals surface area contributed by atoms with E-state index in [0.29, 0.717) is 35.9 Å². The second-order valence-corrected chi connectivity index (χ2v) is 8.90. The molecule has 36 heavy (non-hydrogen) atoms. The molecule has 0 atom stereocenters. The number of benzene rings is 2. The Morgan fingerprint density at radius 2 is 1.81 bits per heavy atom. The minimum Gasteiger partial charge on any atom is -0.495 e. The molecule has 2 N–H and O–H groups in total. The van der Waals surface area contributed by atoms with E-state index in [2.05, 4.69) is 43.7 Å². The normalized spacial score (nSPS) is 14.2. The van der Waals surface area contributed by atoms with Crippen molar-refractivity contribution < 1.29 is 9.53 Å². The average Bonchev–Trinajstić information content (AvgIpc) is 3.28. The summed E-state index contributed by atoms with van der Waals surface area (Å²) in [5.74, 6) is 1.17. The number of rotatable bonds is 6. The predicted octanol–water partition coefficient (Wildman–Crippen LogP) is 3.21. The topological polar surface area (TPSA) is 100 Å². The summed E-state index contributed by atoms with van der Waals surface area (Å²) in [6, 6.07) is 11.7. The number of aryl methyl sites for hydroxylation is 1. The van der Waals surface area contributed by atoms with Crippen molar-refractivity contribution in [3.8, 4) is 17.0 Å². The highest BCUT2D eigenvalue weighted by molar-refractivity contribution is 6.01. The number of anilines is 3. The lowest BCUT2D eigenvalue weighted by Gasteiger charge is -2.33. The van der Waals surface area contributed by atoms with Crippen LogP contribution in [0.3, 0.4) is 0 Å². The number of carbonyl (C=O) groups is 1. The predicted molar refractivity (Wildman–Crippen MR) is 141 cm³/mol. The summed E-state index contributed by atoms with van der Waals surface area (Å²) in [7, 11) is 7.40. The fourth-order valence-corrected chi connectivity index (χ4v) is 4.45. The molecule has 1 aliphatic rings. The quantitative estimate of drug-likeness (QED) is 0.429. The lowest BCUT2D eigenvalue weighted by Crippen LogP contribution is -2.47. The minimum absolute atomic E-state index is 0.00702. The van der Waals surface area contributed by atoms with Gasteiger partial charge in [0, 0.05) is 63.0 Å². The van der Waals surface area contributed by atoms with Gasteiger partial charge < -0.3 is 25.2 Å². The van der Waals surface area contributed by atoms with E-state index < -0.39 is 0 Å². The first-order valence-corrected chi connectivity index (χ1v) is 11.9. The molecule has 2 aromatic carbocycles. The standard InChI is InChI=1S/C26H30N8O2/c1-27-21-13-22(24(36-4)12-19(21)26(35)34-9-7-32(2)8-10-34)31-25-14-20(28-16-29-25)17-5-6-23-18(11-17)15-30-33(23)3/h5-6,11-16,27H,7-10H2,1-4H3,(H,28,29,31). The van der Waals surface area contributed by atoms with Crippen molar-refractivity contribution in [2.24, 2.45) is 7.05 Å². The maximum atomic E-state index is 13.3. The van der Waals surface area contributed by atoms with Crippen LogP contribution in [0.4, 0.5) is 17.2 Å². The van der Waals surface area contributed by atoms with Crippen LogP contribution in [-0.2, 0) is 7.05 Å². The van der Waals surface area contributed by atoms with Gasteiger partial charge in [0.05, 0.1) is 35.8 Å². The second kappa shape index (κ2) is 9.82. The van der Waals surface area contributed by atoms with Crippen LogP contribution in [0.25, 0.3) is 22.2 Å². The monoisotopic (exact) mass is 486 g/mol. The average molecular weight is 487 g/mol. The second-order valence-electron chi connectivity index (χ2n) is 8.90. The summed E-state index contributed by atoms with van der Waals surface area (Å²) < 4.78 is 7.50. The van der Waals surface area contributed by atoms with Crippen molar-refractivity contribution in [1.29, 1.82) is 0 Å². The summed E-state index contributed by atoms with van der Waals surface area (Å²) in [5.41, 5.74) is 4.81. The maximum absolute atomic E-state index is 13.3. The smallest absolute Gasteiger partial charge is 0.256 e. The largest absolute Gasteiger partial charge is 0.495 e. The molecule has 186 valence electrons. The van der Waals surface area contributed by atoms with Gasteiger partial charge in [-0.25, -0.2) is 9.97 Å². The Bertz CT molecular complexity index is 1410. The molecule has 0 aliphatic carbocycles. The Morgan fingerprint density at radius 1 is 1.00 bits per heavy atom. The summed E-state index contributed by atoms with van der Waals surface area (Å²) in [6.07, 6.45) is 3.37. The third-order valence-corrected chi connectivity index (χ3v) is 6.60. The third kappa shape index (κ3) is 4.55. The first-order chi connectivity index (χ1) is 17.5. The molecule has 5 rings (SSSR count). The molecule has 1 aliphatic heterocycles. The van der Waals surface area contributed by atoms with Crippen LogP contribution < -0.4 is 15.4 Å². The van der Waals surface area contributed by atoms with Crippen LogP contribution in [0, 0.1) is 0 Å². The molecule has 0 radical (unpaired) electrons. The van der Waals surface area contributed by atoms with Gasteiger partial charge in [0.15, 0.2) is 0 Å². The van der Waals surface area contributed by atoms with Gasteiger partial charge in [0.1, 0.15) is 17.9 Å². The van der Waals surface area contributed by atoms with E-state index in [4.69, 9.17) is 4.74 Å². The van der Waals surface area contributed by atoms with E-state index in [-0.39, 0.29) is 5.91 Å². The first kappa shape index (κ1) is 23.6. The summed E-state index contributed by atoms with van der Waals surface area (Å²) in [4.78, 5) is 26.3. The molecule has 0 spiro atoms. The van der Waals surface area contributed by atoms with Crippen molar-refractivity contribution in [2.45, 2.75) is 0 Å². The molecule has 4 aromatic rings. The van der Waals surface area contributed by atoms with Gasteiger partial charge in [0.2, 0.25) is 0 Å². The van der Waals surface area contributed by atoms with Crippen LogP contribution in [0.15, 0.2) is 48.9 Å². The summed E-state index contributed by atoms with van der Waals surface area (Å²) in [6.45, 7) is 3.13. The molecule has 1 saturated heterocycles.